The van der Waals surface area contributed by atoms with Gasteiger partial charge in [0.05, 0.1) is 18.2 Å². The van der Waals surface area contributed by atoms with Gasteiger partial charge in [-0.3, -0.25) is 4.79 Å². The van der Waals surface area contributed by atoms with Crippen molar-refractivity contribution in [1.82, 2.24) is 5.32 Å². The Balaban J connectivity index is 2.48. The van der Waals surface area contributed by atoms with Gasteiger partial charge in [0.15, 0.2) is 0 Å². The number of nitrogens with one attached hydrogen (secondary N) is 1. The molecule has 0 heterocycles. The molecule has 0 bridgehead atoms. The largest absolute Gasteiger partial charge is 0.496 e. The summed E-state index contributed by atoms with van der Waals surface area (Å²) in [5.74, 6) is 0.782. The van der Waals surface area contributed by atoms with Crippen LogP contribution >= 0.6 is 27.7 Å². The van der Waals surface area contributed by atoms with Crippen LogP contribution in [-0.2, 0) is 11.2 Å². The highest BCUT2D eigenvalue weighted by atomic mass is 79.9. The summed E-state index contributed by atoms with van der Waals surface area (Å²) in [5.41, 5.74) is 1.08. The van der Waals surface area contributed by atoms with Crippen LogP contribution < -0.4 is 10.1 Å². The Bertz CT molecular complexity index is 466. The number of aryl methyl sites for hydroxylation is 1. The van der Waals surface area contributed by atoms with Crippen LogP contribution in [0.15, 0.2) is 22.7 Å². The van der Waals surface area contributed by atoms with Gasteiger partial charge in [-0.15, -0.1) is 0 Å². The van der Waals surface area contributed by atoms with E-state index in [0.717, 1.165) is 15.8 Å². The number of hydrogen-bond donors (Lipinski definition) is 2. The SMILES string of the molecule is COc1ccc(CCC(=O)NC(C)C(CO)SC)cc1Br. The Morgan fingerprint density at radius 2 is 2.24 bits per heavy atom. The second kappa shape index (κ2) is 9.33. The van der Waals surface area contributed by atoms with Crippen molar-refractivity contribution >= 4 is 33.6 Å². The molecule has 1 rings (SSSR count). The van der Waals surface area contributed by atoms with Crippen LogP contribution in [0.4, 0.5) is 0 Å². The number of rotatable bonds is 8. The lowest BCUT2D eigenvalue weighted by Gasteiger charge is -2.21. The van der Waals surface area contributed by atoms with Crippen LogP contribution in [0, 0.1) is 0 Å². The fraction of sp³-hybridized carbons (Fsp3) is 0.533. The molecule has 0 aliphatic carbocycles. The minimum atomic E-state index is -0.0416. The van der Waals surface area contributed by atoms with Crippen LogP contribution in [0.25, 0.3) is 0 Å². The third kappa shape index (κ3) is 5.88. The summed E-state index contributed by atoms with van der Waals surface area (Å²) in [6.07, 6.45) is 3.03. The Morgan fingerprint density at radius 1 is 1.52 bits per heavy atom. The molecule has 0 aliphatic heterocycles. The van der Waals surface area contributed by atoms with Crippen molar-refractivity contribution in [3.05, 3.63) is 28.2 Å². The van der Waals surface area contributed by atoms with Crippen molar-refractivity contribution < 1.29 is 14.6 Å². The zero-order valence-corrected chi connectivity index (χ0v) is 15.0. The summed E-state index contributed by atoms with van der Waals surface area (Å²) in [6, 6.07) is 5.77. The first-order valence-corrected chi connectivity index (χ1v) is 8.85. The van der Waals surface area contributed by atoms with Crippen molar-refractivity contribution in [2.75, 3.05) is 20.0 Å². The van der Waals surface area contributed by atoms with Crippen LogP contribution in [0.1, 0.15) is 18.9 Å². The standard InChI is InChI=1S/C15H22BrNO3S/c1-10(14(9-18)21-3)17-15(19)7-5-11-4-6-13(20-2)12(16)8-11/h4,6,8,10,14,18H,5,7,9H2,1-3H3,(H,17,19). The molecular formula is C15H22BrNO3S. The number of carbonyl (C=O) groups excluding carboxylic acids is 1. The van der Waals surface area contributed by atoms with Gasteiger partial charge >= 0.3 is 0 Å². The molecule has 1 amide bonds. The highest BCUT2D eigenvalue weighted by Gasteiger charge is 2.17. The van der Waals surface area contributed by atoms with Gasteiger partial charge < -0.3 is 15.2 Å². The zero-order chi connectivity index (χ0) is 15.8. The maximum atomic E-state index is 11.9. The van der Waals surface area contributed by atoms with E-state index >= 15 is 0 Å². The zero-order valence-electron chi connectivity index (χ0n) is 12.6. The predicted octanol–water partition coefficient (Wildman–Crippen LogP) is 2.62. The van der Waals surface area contributed by atoms with E-state index in [1.165, 1.54) is 0 Å². The minimum Gasteiger partial charge on any atom is -0.496 e. The second-order valence-electron chi connectivity index (χ2n) is 4.78. The molecule has 21 heavy (non-hydrogen) atoms. The quantitative estimate of drug-likeness (QED) is 0.732. The molecule has 2 N–H and O–H groups in total. The molecule has 2 unspecified atom stereocenters. The Labute approximate surface area is 138 Å². The van der Waals surface area contributed by atoms with Crippen molar-refractivity contribution in [2.24, 2.45) is 0 Å². The lowest BCUT2D eigenvalue weighted by atomic mass is 10.1. The van der Waals surface area contributed by atoms with Crippen molar-refractivity contribution in [3.63, 3.8) is 0 Å². The predicted molar refractivity (Wildman–Crippen MR) is 91.0 cm³/mol. The summed E-state index contributed by atoms with van der Waals surface area (Å²) >= 11 is 4.99. The molecule has 0 spiro atoms. The van der Waals surface area contributed by atoms with Crippen molar-refractivity contribution in [2.45, 2.75) is 31.1 Å². The van der Waals surface area contributed by atoms with Gasteiger partial charge in [-0.2, -0.15) is 11.8 Å². The molecule has 1 aromatic rings. The smallest absolute Gasteiger partial charge is 0.220 e. The molecule has 118 valence electrons. The molecule has 0 radical (unpaired) electrons. The van der Waals surface area contributed by atoms with E-state index in [2.05, 4.69) is 21.2 Å². The van der Waals surface area contributed by atoms with E-state index in [1.807, 2.05) is 31.4 Å². The third-order valence-corrected chi connectivity index (χ3v) is 5.07. The molecule has 0 saturated heterocycles. The normalized spacial score (nSPS) is 13.6. The molecule has 6 heteroatoms. The minimum absolute atomic E-state index is 0.00180. The Morgan fingerprint density at radius 3 is 2.76 bits per heavy atom. The third-order valence-electron chi connectivity index (χ3n) is 3.29. The number of aliphatic hydroxyl groups is 1. The fourth-order valence-corrected chi connectivity index (χ4v) is 3.19. The van der Waals surface area contributed by atoms with Crippen LogP contribution in [0.5, 0.6) is 5.75 Å². The summed E-state index contributed by atoms with van der Waals surface area (Å²) in [7, 11) is 1.62. The van der Waals surface area contributed by atoms with Gasteiger partial charge in [0, 0.05) is 17.7 Å². The van der Waals surface area contributed by atoms with Gasteiger partial charge in [0.1, 0.15) is 5.75 Å². The van der Waals surface area contributed by atoms with E-state index in [0.29, 0.717) is 12.8 Å². The van der Waals surface area contributed by atoms with Crippen LogP contribution in [0.3, 0.4) is 0 Å². The number of aliphatic hydroxyl groups excluding tert-OH is 1. The summed E-state index contributed by atoms with van der Waals surface area (Å²) in [6.45, 7) is 1.98. The lowest BCUT2D eigenvalue weighted by molar-refractivity contribution is -0.121. The van der Waals surface area contributed by atoms with E-state index in [-0.39, 0.29) is 23.8 Å². The van der Waals surface area contributed by atoms with Crippen molar-refractivity contribution in [3.8, 4) is 5.75 Å². The maximum Gasteiger partial charge on any atom is 0.220 e. The number of carbonyl (C=O) groups is 1. The van der Waals surface area contributed by atoms with Crippen molar-refractivity contribution in [1.29, 1.82) is 0 Å². The molecule has 1 aromatic carbocycles. The number of amides is 1. The number of methoxy groups -OCH3 is 1. The lowest BCUT2D eigenvalue weighted by Crippen LogP contribution is -2.41. The average Bonchev–Trinajstić information content (AvgIpc) is 2.46. The monoisotopic (exact) mass is 375 g/mol. The molecule has 0 aromatic heterocycles. The number of halogens is 1. The summed E-state index contributed by atoms with van der Waals surface area (Å²) < 4.78 is 6.07. The highest BCUT2D eigenvalue weighted by Crippen LogP contribution is 2.25. The van der Waals surface area contributed by atoms with Gasteiger partial charge in [-0.05, 0) is 53.2 Å². The molecule has 4 nitrogen and oxygen atoms in total. The molecule has 0 saturated carbocycles. The number of thioether (sulfide) groups is 1. The average molecular weight is 376 g/mol. The molecular weight excluding hydrogens is 354 g/mol. The van der Waals surface area contributed by atoms with E-state index in [9.17, 15) is 9.90 Å². The van der Waals surface area contributed by atoms with E-state index in [1.54, 1.807) is 18.9 Å². The fourth-order valence-electron chi connectivity index (χ4n) is 1.98. The summed E-state index contributed by atoms with van der Waals surface area (Å²) in [5, 5.41) is 12.2. The maximum absolute atomic E-state index is 11.9. The molecule has 2 atom stereocenters. The van der Waals surface area contributed by atoms with Crippen LogP contribution in [-0.4, -0.2) is 42.3 Å². The number of benzene rings is 1. The Kier molecular flexibility index (Phi) is 8.14. The Hall–Kier alpha value is -0.720. The molecule has 0 aliphatic rings. The summed E-state index contributed by atoms with van der Waals surface area (Å²) in [4.78, 5) is 11.9. The highest BCUT2D eigenvalue weighted by molar-refractivity contribution is 9.10. The van der Waals surface area contributed by atoms with E-state index < -0.39 is 0 Å². The number of ether oxygens (including phenoxy) is 1. The van der Waals surface area contributed by atoms with Crippen LogP contribution in [0.2, 0.25) is 0 Å². The first-order chi connectivity index (χ1) is 10.0. The first-order valence-electron chi connectivity index (χ1n) is 6.77. The first kappa shape index (κ1) is 18.3. The van der Waals surface area contributed by atoms with Gasteiger partial charge in [0.25, 0.3) is 0 Å². The van der Waals surface area contributed by atoms with Gasteiger partial charge in [-0.25, -0.2) is 0 Å². The second-order valence-corrected chi connectivity index (χ2v) is 6.71. The number of hydrogen-bond acceptors (Lipinski definition) is 4. The van der Waals surface area contributed by atoms with E-state index in [4.69, 9.17) is 4.74 Å². The topological polar surface area (TPSA) is 58.6 Å². The van der Waals surface area contributed by atoms with Gasteiger partial charge in [-0.1, -0.05) is 6.07 Å². The van der Waals surface area contributed by atoms with Gasteiger partial charge in [0.2, 0.25) is 5.91 Å². The molecule has 0 fully saturated rings.